The number of hydrogen-bond acceptors (Lipinski definition) is 2. The normalized spacial score (nSPS) is 11.9. The number of amides is 1. The average Bonchev–Trinajstić information content (AvgIpc) is 2.21. The average molecular weight is 250 g/mol. The zero-order valence-corrected chi connectivity index (χ0v) is 11.2. The van der Waals surface area contributed by atoms with Gasteiger partial charge in [0.05, 0.1) is 4.99 Å². The van der Waals surface area contributed by atoms with E-state index < -0.39 is 0 Å². The second kappa shape index (κ2) is 5.77. The molecule has 0 saturated heterocycles. The molecule has 0 bridgehead atoms. The van der Waals surface area contributed by atoms with Crippen LogP contribution in [-0.2, 0) is 4.79 Å². The first-order chi connectivity index (χ1) is 7.90. The summed E-state index contributed by atoms with van der Waals surface area (Å²) < 4.78 is 0. The molecule has 0 aliphatic rings. The third kappa shape index (κ3) is 4.15. The SMILES string of the molecule is Cc1ccc(NC(=O)C(C)CC(N)=S)c(C)c1. The Morgan fingerprint density at radius 3 is 2.65 bits per heavy atom. The molecule has 0 saturated carbocycles. The number of anilines is 1. The third-order valence-corrected chi connectivity index (χ3v) is 2.76. The second-order valence-corrected chi connectivity index (χ2v) is 4.90. The van der Waals surface area contributed by atoms with Crippen LogP contribution in [0.5, 0.6) is 0 Å². The second-order valence-electron chi connectivity index (χ2n) is 4.38. The molecule has 0 aliphatic heterocycles. The lowest BCUT2D eigenvalue weighted by atomic mass is 10.1. The van der Waals surface area contributed by atoms with Gasteiger partial charge in [-0.05, 0) is 25.5 Å². The van der Waals surface area contributed by atoms with E-state index in [0.717, 1.165) is 11.3 Å². The molecule has 0 spiro atoms. The maximum atomic E-state index is 11.9. The fourth-order valence-corrected chi connectivity index (χ4v) is 1.85. The third-order valence-electron chi connectivity index (χ3n) is 2.59. The number of aryl methyl sites for hydroxylation is 2. The summed E-state index contributed by atoms with van der Waals surface area (Å²) in [6.45, 7) is 5.81. The Hall–Kier alpha value is -1.42. The number of benzene rings is 1. The highest BCUT2D eigenvalue weighted by Gasteiger charge is 2.14. The zero-order valence-electron chi connectivity index (χ0n) is 10.4. The predicted molar refractivity (Wildman–Crippen MR) is 75.1 cm³/mol. The van der Waals surface area contributed by atoms with Gasteiger partial charge in [-0.15, -0.1) is 0 Å². The lowest BCUT2D eigenvalue weighted by Crippen LogP contribution is -2.25. The molecule has 1 rings (SSSR count). The van der Waals surface area contributed by atoms with E-state index in [1.165, 1.54) is 5.56 Å². The lowest BCUT2D eigenvalue weighted by Gasteiger charge is -2.13. The standard InChI is InChI=1S/C13H18N2OS/c1-8-4-5-11(9(2)6-8)15-13(16)10(3)7-12(14)17/h4-6,10H,7H2,1-3H3,(H2,14,17)(H,15,16). The highest BCUT2D eigenvalue weighted by Crippen LogP contribution is 2.17. The summed E-state index contributed by atoms with van der Waals surface area (Å²) in [5.74, 6) is -0.252. The fourth-order valence-electron chi connectivity index (χ4n) is 1.60. The molecule has 0 radical (unpaired) electrons. The topological polar surface area (TPSA) is 55.1 Å². The Bertz CT molecular complexity index is 443. The summed E-state index contributed by atoms with van der Waals surface area (Å²) in [7, 11) is 0. The van der Waals surface area contributed by atoms with Gasteiger partial charge in [-0.1, -0.05) is 36.8 Å². The Labute approximate surface area is 107 Å². The molecule has 0 aromatic heterocycles. The van der Waals surface area contributed by atoms with Crippen LogP contribution in [0.25, 0.3) is 0 Å². The number of rotatable bonds is 4. The Morgan fingerprint density at radius 1 is 1.47 bits per heavy atom. The summed E-state index contributed by atoms with van der Waals surface area (Å²) in [5, 5.41) is 2.89. The van der Waals surface area contributed by atoms with Crippen molar-refractivity contribution in [3.63, 3.8) is 0 Å². The van der Waals surface area contributed by atoms with Crippen LogP contribution in [0.3, 0.4) is 0 Å². The summed E-state index contributed by atoms with van der Waals surface area (Å²) in [4.78, 5) is 12.2. The van der Waals surface area contributed by atoms with Crippen LogP contribution < -0.4 is 11.1 Å². The van der Waals surface area contributed by atoms with E-state index in [4.69, 9.17) is 18.0 Å². The molecule has 1 aromatic rings. The van der Waals surface area contributed by atoms with E-state index in [1.807, 2.05) is 39.0 Å². The maximum absolute atomic E-state index is 11.9. The van der Waals surface area contributed by atoms with Crippen LogP contribution in [0.4, 0.5) is 5.69 Å². The zero-order chi connectivity index (χ0) is 13.0. The molecule has 1 unspecified atom stereocenters. The first-order valence-corrected chi connectivity index (χ1v) is 5.97. The minimum absolute atomic E-state index is 0.0512. The van der Waals surface area contributed by atoms with E-state index >= 15 is 0 Å². The van der Waals surface area contributed by atoms with Crippen molar-refractivity contribution in [2.45, 2.75) is 27.2 Å². The van der Waals surface area contributed by atoms with Crippen molar-refractivity contribution >= 4 is 28.8 Å². The first kappa shape index (κ1) is 13.6. The van der Waals surface area contributed by atoms with E-state index in [0.29, 0.717) is 11.4 Å². The number of nitrogens with one attached hydrogen (secondary N) is 1. The summed E-state index contributed by atoms with van der Waals surface area (Å²) in [6, 6.07) is 5.92. The van der Waals surface area contributed by atoms with Gasteiger partial charge in [0.25, 0.3) is 0 Å². The summed E-state index contributed by atoms with van der Waals surface area (Å²) in [5.41, 5.74) is 8.50. The van der Waals surface area contributed by atoms with Crippen molar-refractivity contribution in [1.82, 2.24) is 0 Å². The van der Waals surface area contributed by atoms with Crippen LogP contribution >= 0.6 is 12.2 Å². The molecule has 0 heterocycles. The van der Waals surface area contributed by atoms with Crippen LogP contribution in [0.2, 0.25) is 0 Å². The Balaban J connectivity index is 2.71. The van der Waals surface area contributed by atoms with E-state index in [-0.39, 0.29) is 11.8 Å². The molecule has 4 heteroatoms. The lowest BCUT2D eigenvalue weighted by molar-refractivity contribution is -0.119. The van der Waals surface area contributed by atoms with Crippen molar-refractivity contribution in [2.24, 2.45) is 11.7 Å². The van der Waals surface area contributed by atoms with Gasteiger partial charge in [0.2, 0.25) is 5.91 Å². The number of hydrogen-bond donors (Lipinski definition) is 2. The molecule has 17 heavy (non-hydrogen) atoms. The molecule has 3 N–H and O–H groups in total. The Kier molecular flexibility index (Phi) is 4.63. The monoisotopic (exact) mass is 250 g/mol. The van der Waals surface area contributed by atoms with E-state index in [2.05, 4.69) is 5.32 Å². The van der Waals surface area contributed by atoms with Crippen molar-refractivity contribution in [2.75, 3.05) is 5.32 Å². The van der Waals surface area contributed by atoms with Gasteiger partial charge in [-0.2, -0.15) is 0 Å². The maximum Gasteiger partial charge on any atom is 0.227 e. The van der Waals surface area contributed by atoms with Gasteiger partial charge < -0.3 is 11.1 Å². The molecule has 92 valence electrons. The van der Waals surface area contributed by atoms with Gasteiger partial charge in [-0.3, -0.25) is 4.79 Å². The van der Waals surface area contributed by atoms with E-state index in [1.54, 1.807) is 0 Å². The van der Waals surface area contributed by atoms with Crippen LogP contribution in [0.15, 0.2) is 18.2 Å². The van der Waals surface area contributed by atoms with Crippen LogP contribution in [0.1, 0.15) is 24.5 Å². The van der Waals surface area contributed by atoms with Gasteiger partial charge >= 0.3 is 0 Å². The van der Waals surface area contributed by atoms with E-state index in [9.17, 15) is 4.79 Å². The fraction of sp³-hybridized carbons (Fsp3) is 0.385. The molecular weight excluding hydrogens is 232 g/mol. The summed E-state index contributed by atoms with van der Waals surface area (Å²) >= 11 is 4.80. The Morgan fingerprint density at radius 2 is 2.12 bits per heavy atom. The van der Waals surface area contributed by atoms with Crippen molar-refractivity contribution in [3.8, 4) is 0 Å². The van der Waals surface area contributed by atoms with Crippen LogP contribution in [-0.4, -0.2) is 10.9 Å². The molecule has 3 nitrogen and oxygen atoms in total. The molecule has 1 amide bonds. The smallest absolute Gasteiger partial charge is 0.227 e. The van der Waals surface area contributed by atoms with Crippen LogP contribution in [0, 0.1) is 19.8 Å². The summed E-state index contributed by atoms with van der Waals surface area (Å²) in [6.07, 6.45) is 0.437. The van der Waals surface area contributed by atoms with Crippen molar-refractivity contribution < 1.29 is 4.79 Å². The highest BCUT2D eigenvalue weighted by molar-refractivity contribution is 7.80. The van der Waals surface area contributed by atoms with Gasteiger partial charge in [0, 0.05) is 18.0 Å². The van der Waals surface area contributed by atoms with Gasteiger partial charge in [-0.25, -0.2) is 0 Å². The molecule has 0 aliphatic carbocycles. The highest BCUT2D eigenvalue weighted by atomic mass is 32.1. The quantitative estimate of drug-likeness (QED) is 0.807. The minimum Gasteiger partial charge on any atom is -0.393 e. The van der Waals surface area contributed by atoms with Crippen molar-refractivity contribution in [3.05, 3.63) is 29.3 Å². The first-order valence-electron chi connectivity index (χ1n) is 5.56. The number of carbonyl (C=O) groups is 1. The van der Waals surface area contributed by atoms with Gasteiger partial charge in [0.15, 0.2) is 0 Å². The number of nitrogens with two attached hydrogens (primary N) is 1. The molecular formula is C13H18N2OS. The predicted octanol–water partition coefficient (Wildman–Crippen LogP) is 2.55. The minimum atomic E-state index is -0.201. The molecule has 1 atom stereocenters. The number of thiocarbonyl (C=S) groups is 1. The molecule has 0 fully saturated rings. The molecule has 1 aromatic carbocycles. The van der Waals surface area contributed by atoms with Gasteiger partial charge in [0.1, 0.15) is 0 Å². The van der Waals surface area contributed by atoms with Crippen molar-refractivity contribution in [1.29, 1.82) is 0 Å². The number of carbonyl (C=O) groups excluding carboxylic acids is 1. The largest absolute Gasteiger partial charge is 0.393 e.